The summed E-state index contributed by atoms with van der Waals surface area (Å²) >= 11 is 0. The van der Waals surface area contributed by atoms with E-state index in [2.05, 4.69) is 15.3 Å². The molecular formula is C8H11N3O2. The Morgan fingerprint density at radius 3 is 3.15 bits per heavy atom. The Morgan fingerprint density at radius 1 is 1.77 bits per heavy atom. The van der Waals surface area contributed by atoms with Crippen molar-refractivity contribution in [1.29, 1.82) is 0 Å². The predicted octanol–water partition coefficient (Wildman–Crippen LogP) is 0.0168. The van der Waals surface area contributed by atoms with Crippen molar-refractivity contribution in [1.82, 2.24) is 9.97 Å². The van der Waals surface area contributed by atoms with Crippen LogP contribution in [0.1, 0.15) is 6.92 Å². The molecule has 0 radical (unpaired) electrons. The third-order valence-corrected chi connectivity index (χ3v) is 1.52. The lowest BCUT2D eigenvalue weighted by molar-refractivity contribution is -0.110. The first kappa shape index (κ1) is 9.44. The molecule has 1 aromatic heterocycles. The van der Waals surface area contributed by atoms with E-state index >= 15 is 0 Å². The van der Waals surface area contributed by atoms with E-state index in [1.54, 1.807) is 13.0 Å². The zero-order valence-corrected chi connectivity index (χ0v) is 7.28. The molecule has 0 aliphatic rings. The number of H-pyrrole nitrogens is 1. The van der Waals surface area contributed by atoms with Crippen LogP contribution in [0.2, 0.25) is 0 Å². The average molecular weight is 181 g/mol. The molecule has 0 fully saturated rings. The zero-order chi connectivity index (χ0) is 9.68. The number of aromatic nitrogens is 2. The molecule has 1 aromatic rings. The van der Waals surface area contributed by atoms with E-state index in [1.165, 1.54) is 6.20 Å². The van der Waals surface area contributed by atoms with Crippen molar-refractivity contribution in [2.24, 2.45) is 5.92 Å². The zero-order valence-electron chi connectivity index (χ0n) is 7.28. The number of nitrogens with zero attached hydrogens (tertiary/aromatic N) is 1. The van der Waals surface area contributed by atoms with E-state index < -0.39 is 5.69 Å². The van der Waals surface area contributed by atoms with Crippen molar-refractivity contribution in [3.63, 3.8) is 0 Å². The number of aldehydes is 1. The molecule has 2 N–H and O–H groups in total. The SMILES string of the molecule is CC(C=O)CNc1ccnc(=O)[nH]1. The minimum atomic E-state index is -0.399. The minimum absolute atomic E-state index is 0.0725. The Kier molecular flexibility index (Phi) is 3.19. The minimum Gasteiger partial charge on any atom is -0.371 e. The van der Waals surface area contributed by atoms with Crippen molar-refractivity contribution in [3.05, 3.63) is 22.7 Å². The number of anilines is 1. The first-order chi connectivity index (χ1) is 6.22. The fourth-order valence-corrected chi connectivity index (χ4v) is 0.791. The molecule has 0 bridgehead atoms. The molecular weight excluding hydrogens is 170 g/mol. The molecule has 0 spiro atoms. The summed E-state index contributed by atoms with van der Waals surface area (Å²) in [5.74, 6) is 0.505. The molecule has 70 valence electrons. The molecule has 0 saturated carbocycles. The first-order valence-corrected chi connectivity index (χ1v) is 3.97. The second-order valence-corrected chi connectivity index (χ2v) is 2.78. The van der Waals surface area contributed by atoms with E-state index in [9.17, 15) is 9.59 Å². The van der Waals surface area contributed by atoms with E-state index in [1.807, 2.05) is 0 Å². The summed E-state index contributed by atoms with van der Waals surface area (Å²) in [6, 6.07) is 1.64. The van der Waals surface area contributed by atoms with Crippen LogP contribution in [0.15, 0.2) is 17.1 Å². The first-order valence-electron chi connectivity index (χ1n) is 3.97. The lowest BCUT2D eigenvalue weighted by Crippen LogP contribution is -2.17. The second kappa shape index (κ2) is 4.39. The largest absolute Gasteiger partial charge is 0.371 e. The number of nitrogens with one attached hydrogen (secondary N) is 2. The quantitative estimate of drug-likeness (QED) is 0.642. The van der Waals surface area contributed by atoms with Gasteiger partial charge < -0.3 is 10.1 Å². The van der Waals surface area contributed by atoms with Crippen LogP contribution in [0.4, 0.5) is 5.82 Å². The van der Waals surface area contributed by atoms with Gasteiger partial charge in [-0.1, -0.05) is 6.92 Å². The molecule has 0 aliphatic heterocycles. The van der Waals surface area contributed by atoms with Crippen LogP contribution < -0.4 is 11.0 Å². The number of aromatic amines is 1. The Balaban J connectivity index is 2.54. The fraction of sp³-hybridized carbons (Fsp3) is 0.375. The second-order valence-electron chi connectivity index (χ2n) is 2.78. The van der Waals surface area contributed by atoms with Gasteiger partial charge in [-0.05, 0) is 6.07 Å². The summed E-state index contributed by atoms with van der Waals surface area (Å²) in [5.41, 5.74) is -0.399. The van der Waals surface area contributed by atoms with Gasteiger partial charge >= 0.3 is 5.69 Å². The Bertz CT molecular complexity index is 334. The van der Waals surface area contributed by atoms with E-state index in [-0.39, 0.29) is 5.92 Å². The summed E-state index contributed by atoms with van der Waals surface area (Å²) < 4.78 is 0. The highest BCUT2D eigenvalue weighted by Crippen LogP contribution is 1.97. The molecule has 1 heterocycles. The average Bonchev–Trinajstić information content (AvgIpc) is 2.14. The standard InChI is InChI=1S/C8H11N3O2/c1-6(5-12)4-10-7-2-3-9-8(13)11-7/h2-3,5-6H,4H2,1H3,(H2,9,10,11,13). The van der Waals surface area contributed by atoms with Gasteiger partial charge in [0.1, 0.15) is 12.1 Å². The van der Waals surface area contributed by atoms with Crippen LogP contribution in [0.3, 0.4) is 0 Å². The normalized spacial score (nSPS) is 12.1. The number of carbonyl (C=O) groups excluding carboxylic acids is 1. The Labute approximate surface area is 75.2 Å². The molecule has 1 atom stereocenters. The van der Waals surface area contributed by atoms with Gasteiger partial charge in [0.15, 0.2) is 0 Å². The summed E-state index contributed by atoms with van der Waals surface area (Å²) in [7, 11) is 0. The third-order valence-electron chi connectivity index (χ3n) is 1.52. The maximum Gasteiger partial charge on any atom is 0.346 e. The topological polar surface area (TPSA) is 74.8 Å². The molecule has 0 saturated heterocycles. The highest BCUT2D eigenvalue weighted by Gasteiger charge is 1.98. The van der Waals surface area contributed by atoms with Crippen LogP contribution in [0, 0.1) is 5.92 Å². The van der Waals surface area contributed by atoms with Gasteiger partial charge in [0, 0.05) is 18.7 Å². The Hall–Kier alpha value is -1.65. The summed E-state index contributed by atoms with van der Waals surface area (Å²) in [6.07, 6.45) is 2.26. The number of carbonyl (C=O) groups is 1. The maximum atomic E-state index is 10.7. The Morgan fingerprint density at radius 2 is 2.54 bits per heavy atom. The van der Waals surface area contributed by atoms with E-state index in [4.69, 9.17) is 0 Å². The molecule has 0 aromatic carbocycles. The van der Waals surface area contributed by atoms with Crippen LogP contribution in [-0.4, -0.2) is 22.8 Å². The smallest absolute Gasteiger partial charge is 0.346 e. The van der Waals surface area contributed by atoms with Crippen LogP contribution >= 0.6 is 0 Å². The summed E-state index contributed by atoms with van der Waals surface area (Å²) in [5, 5.41) is 2.91. The molecule has 1 unspecified atom stereocenters. The molecule has 0 amide bonds. The molecule has 5 nitrogen and oxygen atoms in total. The highest BCUT2D eigenvalue weighted by molar-refractivity contribution is 5.54. The molecule has 0 aliphatic carbocycles. The van der Waals surface area contributed by atoms with Crippen molar-refractivity contribution < 1.29 is 4.79 Å². The number of rotatable bonds is 4. The highest BCUT2D eigenvalue weighted by atomic mass is 16.1. The van der Waals surface area contributed by atoms with E-state index in [0.717, 1.165) is 6.29 Å². The van der Waals surface area contributed by atoms with Crippen molar-refractivity contribution in [3.8, 4) is 0 Å². The molecule has 5 heteroatoms. The number of hydrogen-bond donors (Lipinski definition) is 2. The van der Waals surface area contributed by atoms with Crippen LogP contribution in [-0.2, 0) is 4.79 Å². The van der Waals surface area contributed by atoms with Crippen molar-refractivity contribution in [2.75, 3.05) is 11.9 Å². The van der Waals surface area contributed by atoms with Crippen LogP contribution in [0.25, 0.3) is 0 Å². The molecule has 1 rings (SSSR count). The van der Waals surface area contributed by atoms with Gasteiger partial charge in [0.25, 0.3) is 0 Å². The van der Waals surface area contributed by atoms with Crippen molar-refractivity contribution in [2.45, 2.75) is 6.92 Å². The monoisotopic (exact) mass is 181 g/mol. The third kappa shape index (κ3) is 3.06. The predicted molar refractivity (Wildman–Crippen MR) is 48.6 cm³/mol. The van der Waals surface area contributed by atoms with Gasteiger partial charge in [-0.3, -0.25) is 4.98 Å². The van der Waals surface area contributed by atoms with Crippen LogP contribution in [0.5, 0.6) is 0 Å². The van der Waals surface area contributed by atoms with Gasteiger partial charge in [-0.25, -0.2) is 9.78 Å². The van der Waals surface area contributed by atoms with Gasteiger partial charge in [-0.15, -0.1) is 0 Å². The summed E-state index contributed by atoms with van der Waals surface area (Å²) in [6.45, 7) is 2.29. The van der Waals surface area contributed by atoms with Gasteiger partial charge in [0.2, 0.25) is 0 Å². The van der Waals surface area contributed by atoms with E-state index in [0.29, 0.717) is 12.4 Å². The van der Waals surface area contributed by atoms with Gasteiger partial charge in [0.05, 0.1) is 0 Å². The summed E-state index contributed by atoms with van der Waals surface area (Å²) in [4.78, 5) is 27.0. The fourth-order valence-electron chi connectivity index (χ4n) is 0.791. The van der Waals surface area contributed by atoms with Crippen molar-refractivity contribution >= 4 is 12.1 Å². The molecule has 13 heavy (non-hydrogen) atoms. The lowest BCUT2D eigenvalue weighted by Gasteiger charge is -2.06. The van der Waals surface area contributed by atoms with Gasteiger partial charge in [-0.2, -0.15) is 0 Å². The lowest BCUT2D eigenvalue weighted by atomic mass is 10.2. The maximum absolute atomic E-state index is 10.7. The number of hydrogen-bond acceptors (Lipinski definition) is 4.